The van der Waals surface area contributed by atoms with Crippen molar-refractivity contribution in [1.82, 2.24) is 5.32 Å². The maximum atomic E-state index is 11.9. The van der Waals surface area contributed by atoms with Crippen molar-refractivity contribution in [1.29, 1.82) is 0 Å². The third kappa shape index (κ3) is 4.42. The molecule has 0 atom stereocenters. The highest BCUT2D eigenvalue weighted by atomic mass is 16.6. The molecule has 21 heavy (non-hydrogen) atoms. The lowest BCUT2D eigenvalue weighted by atomic mass is 10.1. The van der Waals surface area contributed by atoms with Crippen molar-refractivity contribution < 1.29 is 14.8 Å². The smallest absolute Gasteiger partial charge is 0.292 e. The van der Waals surface area contributed by atoms with Crippen LogP contribution in [-0.2, 0) is 0 Å². The zero-order chi connectivity index (χ0) is 15.8. The van der Waals surface area contributed by atoms with E-state index in [4.69, 9.17) is 5.11 Å². The van der Waals surface area contributed by atoms with Crippen molar-refractivity contribution in [2.45, 2.75) is 20.3 Å². The largest absolute Gasteiger partial charge is 0.395 e. The summed E-state index contributed by atoms with van der Waals surface area (Å²) in [5.74, 6) is -0.269. The molecule has 7 heteroatoms. The molecule has 0 aromatic heterocycles. The standard InChI is InChI=1S/C14H21N3O4/c1-3-7-16(8-9-18)13-10-11(14(19)15-4-2)5-6-12(13)17(20)21/h5-6,10,18H,3-4,7-9H2,1-2H3,(H,15,19). The summed E-state index contributed by atoms with van der Waals surface area (Å²) in [5.41, 5.74) is 0.668. The predicted octanol–water partition coefficient (Wildman–Crippen LogP) is 1.55. The highest BCUT2D eigenvalue weighted by molar-refractivity contribution is 5.96. The minimum Gasteiger partial charge on any atom is -0.395 e. The normalized spacial score (nSPS) is 10.2. The van der Waals surface area contributed by atoms with Crippen LogP contribution in [0, 0.1) is 10.1 Å². The number of nitrogens with zero attached hydrogens (tertiary/aromatic N) is 2. The van der Waals surface area contributed by atoms with Gasteiger partial charge in [0.15, 0.2) is 0 Å². The minimum absolute atomic E-state index is 0.0649. The molecule has 1 aromatic rings. The summed E-state index contributed by atoms with van der Waals surface area (Å²) >= 11 is 0. The molecule has 1 amide bonds. The quantitative estimate of drug-likeness (QED) is 0.560. The summed E-state index contributed by atoms with van der Waals surface area (Å²) < 4.78 is 0. The van der Waals surface area contributed by atoms with Crippen molar-refractivity contribution in [3.63, 3.8) is 0 Å². The Labute approximate surface area is 123 Å². The first kappa shape index (κ1) is 16.9. The van der Waals surface area contributed by atoms with Gasteiger partial charge in [-0.25, -0.2) is 0 Å². The molecular formula is C14H21N3O4. The molecule has 116 valence electrons. The fourth-order valence-corrected chi connectivity index (χ4v) is 2.08. The van der Waals surface area contributed by atoms with Gasteiger partial charge < -0.3 is 15.3 Å². The van der Waals surface area contributed by atoms with Gasteiger partial charge in [0.25, 0.3) is 11.6 Å². The molecule has 0 bridgehead atoms. The molecule has 0 aliphatic carbocycles. The van der Waals surface area contributed by atoms with Crippen LogP contribution in [0.15, 0.2) is 18.2 Å². The lowest BCUT2D eigenvalue weighted by Gasteiger charge is -2.23. The Morgan fingerprint density at radius 1 is 1.38 bits per heavy atom. The summed E-state index contributed by atoms with van der Waals surface area (Å²) in [6, 6.07) is 4.28. The topological polar surface area (TPSA) is 95.7 Å². The van der Waals surface area contributed by atoms with Crippen LogP contribution < -0.4 is 10.2 Å². The second-order valence-electron chi connectivity index (χ2n) is 4.53. The van der Waals surface area contributed by atoms with Crippen LogP contribution in [0.5, 0.6) is 0 Å². The summed E-state index contributed by atoms with van der Waals surface area (Å²) in [6.45, 7) is 4.99. The number of hydrogen-bond donors (Lipinski definition) is 2. The van der Waals surface area contributed by atoms with Gasteiger partial charge in [-0.2, -0.15) is 0 Å². The van der Waals surface area contributed by atoms with E-state index < -0.39 is 4.92 Å². The number of carbonyl (C=O) groups is 1. The zero-order valence-electron chi connectivity index (χ0n) is 12.3. The Morgan fingerprint density at radius 2 is 2.10 bits per heavy atom. The van der Waals surface area contributed by atoms with Crippen LogP contribution >= 0.6 is 0 Å². The maximum absolute atomic E-state index is 11.9. The first-order chi connectivity index (χ1) is 10.0. The number of nitro groups is 1. The molecule has 0 radical (unpaired) electrons. The van der Waals surface area contributed by atoms with E-state index in [-0.39, 0.29) is 24.7 Å². The molecule has 1 aromatic carbocycles. The number of hydrogen-bond acceptors (Lipinski definition) is 5. The number of aliphatic hydroxyl groups excluding tert-OH is 1. The number of carbonyl (C=O) groups excluding carboxylic acids is 1. The number of aliphatic hydroxyl groups is 1. The van der Waals surface area contributed by atoms with Crippen LogP contribution in [0.25, 0.3) is 0 Å². The monoisotopic (exact) mass is 295 g/mol. The number of rotatable bonds is 8. The van der Waals surface area contributed by atoms with Crippen LogP contribution in [0.3, 0.4) is 0 Å². The zero-order valence-corrected chi connectivity index (χ0v) is 12.3. The first-order valence-electron chi connectivity index (χ1n) is 6.97. The van der Waals surface area contributed by atoms with Gasteiger partial charge in [-0.1, -0.05) is 6.92 Å². The second kappa shape index (κ2) is 8.21. The summed E-state index contributed by atoms with van der Waals surface area (Å²) in [7, 11) is 0. The van der Waals surface area contributed by atoms with E-state index in [2.05, 4.69) is 5.32 Å². The third-order valence-corrected chi connectivity index (χ3v) is 2.98. The van der Waals surface area contributed by atoms with Gasteiger partial charge in [0.2, 0.25) is 0 Å². The fourth-order valence-electron chi connectivity index (χ4n) is 2.08. The van der Waals surface area contributed by atoms with Crippen molar-refractivity contribution in [2.24, 2.45) is 0 Å². The third-order valence-electron chi connectivity index (χ3n) is 2.98. The molecule has 1 rings (SSSR count). The van der Waals surface area contributed by atoms with E-state index in [1.54, 1.807) is 11.8 Å². The van der Waals surface area contributed by atoms with E-state index in [9.17, 15) is 14.9 Å². The summed E-state index contributed by atoms with van der Waals surface area (Å²) in [5, 5.41) is 22.9. The lowest BCUT2D eigenvalue weighted by molar-refractivity contribution is -0.384. The number of amides is 1. The molecule has 0 saturated heterocycles. The van der Waals surface area contributed by atoms with Crippen LogP contribution in [-0.4, -0.2) is 42.2 Å². The Hall–Kier alpha value is -2.15. The van der Waals surface area contributed by atoms with Crippen LogP contribution in [0.2, 0.25) is 0 Å². The SMILES string of the molecule is CCCN(CCO)c1cc(C(=O)NCC)ccc1[N+](=O)[O-]. The Morgan fingerprint density at radius 3 is 2.62 bits per heavy atom. The number of benzene rings is 1. The Balaban J connectivity index is 3.25. The summed E-state index contributed by atoms with van der Waals surface area (Å²) in [4.78, 5) is 24.3. The average molecular weight is 295 g/mol. The molecule has 0 unspecified atom stereocenters. The van der Waals surface area contributed by atoms with Gasteiger partial charge >= 0.3 is 0 Å². The molecule has 7 nitrogen and oxygen atoms in total. The van der Waals surface area contributed by atoms with Gasteiger partial charge in [0.1, 0.15) is 5.69 Å². The van der Waals surface area contributed by atoms with Gasteiger partial charge in [-0.15, -0.1) is 0 Å². The van der Waals surface area contributed by atoms with E-state index in [0.717, 1.165) is 6.42 Å². The molecular weight excluding hydrogens is 274 g/mol. The van der Waals surface area contributed by atoms with Gasteiger partial charge in [0, 0.05) is 31.3 Å². The molecule has 0 spiro atoms. The minimum atomic E-state index is -0.475. The molecule has 0 heterocycles. The van der Waals surface area contributed by atoms with E-state index in [1.807, 2.05) is 6.92 Å². The van der Waals surface area contributed by atoms with Crippen molar-refractivity contribution in [3.8, 4) is 0 Å². The highest BCUT2D eigenvalue weighted by Crippen LogP contribution is 2.29. The fraction of sp³-hybridized carbons (Fsp3) is 0.500. The van der Waals surface area contributed by atoms with Gasteiger partial charge in [0.05, 0.1) is 11.5 Å². The van der Waals surface area contributed by atoms with Crippen LogP contribution in [0.1, 0.15) is 30.6 Å². The first-order valence-corrected chi connectivity index (χ1v) is 6.97. The van der Waals surface area contributed by atoms with E-state index in [0.29, 0.717) is 24.3 Å². The van der Waals surface area contributed by atoms with Crippen molar-refractivity contribution >= 4 is 17.3 Å². The second-order valence-corrected chi connectivity index (χ2v) is 4.53. The van der Waals surface area contributed by atoms with Gasteiger partial charge in [-0.05, 0) is 25.5 Å². The number of anilines is 1. The molecule has 2 N–H and O–H groups in total. The average Bonchev–Trinajstić information content (AvgIpc) is 2.46. The predicted molar refractivity (Wildman–Crippen MR) is 80.7 cm³/mol. The Kier molecular flexibility index (Phi) is 6.61. The molecule has 0 aliphatic rings. The molecule has 0 saturated carbocycles. The highest BCUT2D eigenvalue weighted by Gasteiger charge is 2.21. The number of nitro benzene ring substituents is 1. The summed E-state index contributed by atoms with van der Waals surface area (Å²) in [6.07, 6.45) is 0.780. The van der Waals surface area contributed by atoms with Crippen LogP contribution in [0.4, 0.5) is 11.4 Å². The van der Waals surface area contributed by atoms with Crippen molar-refractivity contribution in [2.75, 3.05) is 31.1 Å². The lowest BCUT2D eigenvalue weighted by Crippen LogP contribution is -2.29. The molecule has 0 aliphatic heterocycles. The van der Waals surface area contributed by atoms with E-state index in [1.165, 1.54) is 18.2 Å². The maximum Gasteiger partial charge on any atom is 0.292 e. The number of nitrogens with one attached hydrogen (secondary N) is 1. The van der Waals surface area contributed by atoms with Gasteiger partial charge in [-0.3, -0.25) is 14.9 Å². The molecule has 0 fully saturated rings. The van der Waals surface area contributed by atoms with Crippen molar-refractivity contribution in [3.05, 3.63) is 33.9 Å². The Bertz CT molecular complexity index is 499. The van der Waals surface area contributed by atoms with E-state index >= 15 is 0 Å².